The van der Waals surface area contributed by atoms with E-state index in [1.807, 2.05) is 10.7 Å². The smallest absolute Gasteiger partial charge is 0.165 e. The van der Waals surface area contributed by atoms with E-state index in [9.17, 15) is 0 Å². The Morgan fingerprint density at radius 3 is 1.93 bits per heavy atom. The van der Waals surface area contributed by atoms with Crippen molar-refractivity contribution < 1.29 is 0 Å². The van der Waals surface area contributed by atoms with E-state index in [0.717, 1.165) is 58.1 Å². The molecule has 148 valence electrons. The van der Waals surface area contributed by atoms with Crippen molar-refractivity contribution in [2.24, 2.45) is 0 Å². The van der Waals surface area contributed by atoms with Gasteiger partial charge in [-0.3, -0.25) is 9.80 Å². The highest BCUT2D eigenvalue weighted by atomic mass is 35.5. The molecule has 1 saturated heterocycles. The molecule has 2 heterocycles. The van der Waals surface area contributed by atoms with Crippen LogP contribution in [-0.2, 0) is 26.1 Å². The van der Waals surface area contributed by atoms with E-state index >= 15 is 0 Å². The molecule has 1 aliphatic rings. The van der Waals surface area contributed by atoms with Crippen LogP contribution in [-0.4, -0.2) is 56.2 Å². The van der Waals surface area contributed by atoms with Crippen LogP contribution in [0.15, 0.2) is 60.7 Å². The molecule has 1 aromatic heterocycles. The number of tetrazole rings is 1. The van der Waals surface area contributed by atoms with E-state index in [4.69, 9.17) is 0 Å². The Kier molecular flexibility index (Phi) is 7.54. The van der Waals surface area contributed by atoms with E-state index in [-0.39, 0.29) is 12.4 Å². The first-order valence-electron chi connectivity index (χ1n) is 9.64. The highest BCUT2D eigenvalue weighted by Gasteiger charge is 2.19. The summed E-state index contributed by atoms with van der Waals surface area (Å²) in [6, 6.07) is 21.2. The van der Waals surface area contributed by atoms with E-state index in [2.05, 4.69) is 79.9 Å². The van der Waals surface area contributed by atoms with Crippen LogP contribution < -0.4 is 0 Å². The van der Waals surface area contributed by atoms with E-state index in [0.29, 0.717) is 0 Å². The summed E-state index contributed by atoms with van der Waals surface area (Å²) in [7, 11) is 0. The van der Waals surface area contributed by atoms with Crippen LogP contribution in [0.1, 0.15) is 17.0 Å². The number of hydrogen-bond donors (Lipinski definition) is 0. The molecule has 0 aliphatic carbocycles. The average molecular weight is 399 g/mol. The Morgan fingerprint density at radius 1 is 0.714 bits per heavy atom. The molecular weight excluding hydrogens is 372 g/mol. The number of halogens is 1. The molecule has 0 amide bonds. The van der Waals surface area contributed by atoms with Gasteiger partial charge >= 0.3 is 0 Å². The van der Waals surface area contributed by atoms with Crippen molar-refractivity contribution in [1.82, 2.24) is 30.0 Å². The first-order chi connectivity index (χ1) is 13.4. The van der Waals surface area contributed by atoms with Gasteiger partial charge in [0.1, 0.15) is 0 Å². The summed E-state index contributed by atoms with van der Waals surface area (Å²) in [6.07, 6.45) is 0.948. The molecule has 1 fully saturated rings. The number of piperazine rings is 1. The fourth-order valence-corrected chi connectivity index (χ4v) is 3.54. The molecule has 0 atom stereocenters. The second-order valence-electron chi connectivity index (χ2n) is 7.09. The van der Waals surface area contributed by atoms with Gasteiger partial charge in [0.15, 0.2) is 5.82 Å². The summed E-state index contributed by atoms with van der Waals surface area (Å²) < 4.78 is 1.95. The molecule has 2 aromatic carbocycles. The molecule has 0 bridgehead atoms. The molecule has 0 unspecified atom stereocenters. The molecule has 0 radical (unpaired) electrons. The fourth-order valence-electron chi connectivity index (χ4n) is 3.54. The van der Waals surface area contributed by atoms with Gasteiger partial charge in [-0.2, -0.15) is 0 Å². The first kappa shape index (κ1) is 20.5. The quantitative estimate of drug-likeness (QED) is 0.612. The average Bonchev–Trinajstić information content (AvgIpc) is 3.16. The largest absolute Gasteiger partial charge is 0.297 e. The van der Waals surface area contributed by atoms with Gasteiger partial charge in [0.05, 0.1) is 6.54 Å². The Bertz CT molecular complexity index is 815. The third-order valence-electron chi connectivity index (χ3n) is 5.14. The lowest BCUT2D eigenvalue weighted by Gasteiger charge is -2.34. The number of benzene rings is 2. The molecular formula is C21H27ClN6. The van der Waals surface area contributed by atoms with Crippen molar-refractivity contribution in [1.29, 1.82) is 0 Å². The highest BCUT2D eigenvalue weighted by molar-refractivity contribution is 5.85. The lowest BCUT2D eigenvalue weighted by atomic mass is 10.1. The minimum absolute atomic E-state index is 0. The third kappa shape index (κ3) is 5.61. The van der Waals surface area contributed by atoms with Crippen molar-refractivity contribution >= 4 is 12.4 Å². The lowest BCUT2D eigenvalue weighted by molar-refractivity contribution is 0.118. The van der Waals surface area contributed by atoms with Gasteiger partial charge in [-0.25, -0.2) is 4.68 Å². The molecule has 4 rings (SSSR count). The maximum absolute atomic E-state index is 4.26. The zero-order chi connectivity index (χ0) is 18.3. The van der Waals surface area contributed by atoms with Gasteiger partial charge in [-0.1, -0.05) is 60.7 Å². The maximum atomic E-state index is 4.26. The second-order valence-corrected chi connectivity index (χ2v) is 7.09. The molecule has 7 heteroatoms. The van der Waals surface area contributed by atoms with Gasteiger partial charge in [0.25, 0.3) is 0 Å². The number of nitrogens with zero attached hydrogens (tertiary/aromatic N) is 6. The number of aryl methyl sites for hydroxylation is 2. The van der Waals surface area contributed by atoms with Gasteiger partial charge < -0.3 is 0 Å². The maximum Gasteiger partial charge on any atom is 0.165 e. The fraction of sp³-hybridized carbons (Fsp3) is 0.381. The van der Waals surface area contributed by atoms with Crippen LogP contribution in [0.2, 0.25) is 0 Å². The number of hydrogen-bond acceptors (Lipinski definition) is 5. The number of aromatic nitrogens is 4. The monoisotopic (exact) mass is 398 g/mol. The molecule has 6 nitrogen and oxygen atoms in total. The van der Waals surface area contributed by atoms with Crippen molar-refractivity contribution in [3.05, 3.63) is 77.6 Å². The predicted octanol–water partition coefficient (Wildman–Crippen LogP) is 2.66. The minimum atomic E-state index is 0. The molecule has 28 heavy (non-hydrogen) atoms. The summed E-state index contributed by atoms with van der Waals surface area (Å²) >= 11 is 0. The molecule has 0 N–H and O–H groups in total. The van der Waals surface area contributed by atoms with Crippen molar-refractivity contribution in [3.63, 3.8) is 0 Å². The highest BCUT2D eigenvalue weighted by Crippen LogP contribution is 2.11. The number of rotatable bonds is 7. The van der Waals surface area contributed by atoms with Gasteiger partial charge in [-0.15, -0.1) is 17.5 Å². The Balaban J connectivity index is 0.00000225. The Morgan fingerprint density at radius 2 is 1.29 bits per heavy atom. The van der Waals surface area contributed by atoms with E-state index in [1.165, 1.54) is 11.1 Å². The van der Waals surface area contributed by atoms with Crippen LogP contribution in [0.5, 0.6) is 0 Å². The second kappa shape index (κ2) is 10.3. The molecule has 0 spiro atoms. The standard InChI is InChI=1S/C21H26N6.ClH/c1-3-7-19(8-4-1)11-12-27-21(22-23-24-27)18-26-15-13-25(14-16-26)17-20-9-5-2-6-10-20;/h1-10H,11-18H2;1H. The molecule has 0 saturated carbocycles. The normalized spacial score (nSPS) is 15.3. The predicted molar refractivity (Wildman–Crippen MR) is 112 cm³/mol. The van der Waals surface area contributed by atoms with Crippen LogP contribution >= 0.6 is 12.4 Å². The first-order valence-corrected chi connectivity index (χ1v) is 9.64. The zero-order valence-corrected chi connectivity index (χ0v) is 16.8. The third-order valence-corrected chi connectivity index (χ3v) is 5.14. The van der Waals surface area contributed by atoms with E-state index < -0.39 is 0 Å². The minimum Gasteiger partial charge on any atom is -0.297 e. The van der Waals surface area contributed by atoms with Crippen molar-refractivity contribution in [2.75, 3.05) is 26.2 Å². The summed E-state index contributed by atoms with van der Waals surface area (Å²) in [6.45, 7) is 6.95. The van der Waals surface area contributed by atoms with Crippen molar-refractivity contribution in [2.45, 2.75) is 26.1 Å². The lowest BCUT2D eigenvalue weighted by Crippen LogP contribution is -2.45. The van der Waals surface area contributed by atoms with E-state index in [1.54, 1.807) is 0 Å². The SMILES string of the molecule is Cl.c1ccc(CCn2nnnc2CN2CCN(Cc3ccccc3)CC2)cc1. The topological polar surface area (TPSA) is 50.1 Å². The summed E-state index contributed by atoms with van der Waals surface area (Å²) in [4.78, 5) is 4.97. The Hall–Kier alpha value is -2.28. The van der Waals surface area contributed by atoms with Gasteiger partial charge in [0.2, 0.25) is 0 Å². The summed E-state index contributed by atoms with van der Waals surface area (Å²) in [5.41, 5.74) is 2.70. The summed E-state index contributed by atoms with van der Waals surface area (Å²) in [5, 5.41) is 12.3. The molecule has 3 aromatic rings. The van der Waals surface area contributed by atoms with Gasteiger partial charge in [-0.05, 0) is 28.0 Å². The van der Waals surface area contributed by atoms with Crippen LogP contribution in [0.3, 0.4) is 0 Å². The molecule has 1 aliphatic heterocycles. The zero-order valence-electron chi connectivity index (χ0n) is 16.0. The van der Waals surface area contributed by atoms with Crippen molar-refractivity contribution in [3.8, 4) is 0 Å². The van der Waals surface area contributed by atoms with Crippen LogP contribution in [0, 0.1) is 0 Å². The van der Waals surface area contributed by atoms with Crippen LogP contribution in [0.4, 0.5) is 0 Å². The van der Waals surface area contributed by atoms with Crippen LogP contribution in [0.25, 0.3) is 0 Å². The van der Waals surface area contributed by atoms with Gasteiger partial charge in [0, 0.05) is 39.3 Å². The summed E-state index contributed by atoms with van der Waals surface area (Å²) in [5.74, 6) is 0.961. The Labute approximate surface area is 172 Å².